The van der Waals surface area contributed by atoms with Crippen molar-refractivity contribution in [1.29, 1.82) is 0 Å². The summed E-state index contributed by atoms with van der Waals surface area (Å²) in [5.41, 5.74) is 0.720. The van der Waals surface area contributed by atoms with Crippen LogP contribution in [0.1, 0.15) is 26.4 Å². The molecule has 1 aromatic heterocycles. The minimum atomic E-state index is -4.40. The standard InChI is InChI=1S/C14H12INO5S/c1-9-3-5-10(6-4-9)14(18)22(19,20)16-8-11(15)7-12(16)13(17)21-2/h3-8H,1-2H3. The third kappa shape index (κ3) is 3.07. The molecule has 0 atom stereocenters. The molecule has 0 unspecified atom stereocenters. The molecule has 0 amide bonds. The van der Waals surface area contributed by atoms with Crippen molar-refractivity contribution in [3.05, 3.63) is 56.9 Å². The van der Waals surface area contributed by atoms with Crippen molar-refractivity contribution in [1.82, 2.24) is 3.97 Å². The maximum absolute atomic E-state index is 12.5. The number of carbonyl (C=O) groups excluding carboxylic acids is 2. The van der Waals surface area contributed by atoms with Gasteiger partial charge in [-0.2, -0.15) is 8.42 Å². The summed E-state index contributed by atoms with van der Waals surface area (Å²) in [5, 5.41) is -1.08. The summed E-state index contributed by atoms with van der Waals surface area (Å²) in [6, 6.07) is 7.49. The summed E-state index contributed by atoms with van der Waals surface area (Å²) in [6.07, 6.45) is 1.20. The molecule has 0 fully saturated rings. The van der Waals surface area contributed by atoms with Crippen LogP contribution in [0.25, 0.3) is 0 Å². The monoisotopic (exact) mass is 433 g/mol. The number of carbonyl (C=O) groups is 2. The molecule has 0 aliphatic carbocycles. The van der Waals surface area contributed by atoms with Crippen LogP contribution in [-0.2, 0) is 14.8 Å². The second-order valence-electron chi connectivity index (χ2n) is 4.49. The number of hydrogen-bond acceptors (Lipinski definition) is 5. The van der Waals surface area contributed by atoms with Crippen LogP contribution in [-0.4, -0.2) is 30.6 Å². The Morgan fingerprint density at radius 1 is 1.18 bits per heavy atom. The molecule has 0 bridgehead atoms. The van der Waals surface area contributed by atoms with Crippen LogP contribution in [0.3, 0.4) is 0 Å². The van der Waals surface area contributed by atoms with Crippen molar-refractivity contribution in [2.45, 2.75) is 6.92 Å². The van der Waals surface area contributed by atoms with Crippen LogP contribution >= 0.6 is 22.6 Å². The molecule has 0 aliphatic heterocycles. The minimum Gasteiger partial charge on any atom is -0.464 e. The zero-order valence-electron chi connectivity index (χ0n) is 11.7. The first-order valence-corrected chi connectivity index (χ1v) is 8.62. The summed E-state index contributed by atoms with van der Waals surface area (Å²) < 4.78 is 30.7. The smallest absolute Gasteiger partial charge is 0.355 e. The van der Waals surface area contributed by atoms with Gasteiger partial charge in [0.25, 0.3) is 5.12 Å². The Bertz CT molecular complexity index is 837. The van der Waals surface area contributed by atoms with Gasteiger partial charge in [0, 0.05) is 15.3 Å². The first-order chi connectivity index (χ1) is 10.3. The topological polar surface area (TPSA) is 82.4 Å². The predicted molar refractivity (Wildman–Crippen MR) is 88.3 cm³/mol. The fourth-order valence-corrected chi connectivity index (χ4v) is 3.81. The van der Waals surface area contributed by atoms with Gasteiger partial charge in [0.05, 0.1) is 7.11 Å². The highest BCUT2D eigenvalue weighted by atomic mass is 127. The zero-order chi connectivity index (χ0) is 16.5. The van der Waals surface area contributed by atoms with Crippen LogP contribution in [0.5, 0.6) is 0 Å². The summed E-state index contributed by atoms with van der Waals surface area (Å²) in [7, 11) is -3.26. The van der Waals surface area contributed by atoms with E-state index in [4.69, 9.17) is 0 Å². The van der Waals surface area contributed by atoms with Crippen molar-refractivity contribution in [3.8, 4) is 0 Å². The fraction of sp³-hybridized carbons (Fsp3) is 0.143. The Balaban J connectivity index is 2.53. The number of ether oxygens (including phenoxy) is 1. The van der Waals surface area contributed by atoms with Gasteiger partial charge in [-0.25, -0.2) is 8.77 Å². The van der Waals surface area contributed by atoms with Gasteiger partial charge in [-0.15, -0.1) is 0 Å². The Labute approximate surface area is 141 Å². The van der Waals surface area contributed by atoms with E-state index in [1.807, 2.05) is 29.5 Å². The van der Waals surface area contributed by atoms with Gasteiger partial charge < -0.3 is 4.74 Å². The predicted octanol–water partition coefficient (Wildman–Crippen LogP) is 2.21. The first kappa shape index (κ1) is 16.7. The molecule has 0 spiro atoms. The normalized spacial score (nSPS) is 11.2. The van der Waals surface area contributed by atoms with Crippen molar-refractivity contribution in [2.75, 3.05) is 7.11 Å². The number of hydrogen-bond donors (Lipinski definition) is 0. The van der Waals surface area contributed by atoms with Gasteiger partial charge in [-0.3, -0.25) is 4.79 Å². The van der Waals surface area contributed by atoms with Crippen LogP contribution in [0.4, 0.5) is 0 Å². The van der Waals surface area contributed by atoms with E-state index in [9.17, 15) is 18.0 Å². The highest BCUT2D eigenvalue weighted by Crippen LogP contribution is 2.18. The van der Waals surface area contributed by atoms with E-state index >= 15 is 0 Å². The lowest BCUT2D eigenvalue weighted by Gasteiger charge is -2.08. The highest BCUT2D eigenvalue weighted by molar-refractivity contribution is 14.1. The van der Waals surface area contributed by atoms with Crippen LogP contribution in [0.2, 0.25) is 0 Å². The Morgan fingerprint density at radius 3 is 2.32 bits per heavy atom. The maximum atomic E-state index is 12.5. The number of esters is 1. The van der Waals surface area contributed by atoms with Gasteiger partial charge in [-0.1, -0.05) is 17.7 Å². The molecule has 116 valence electrons. The third-order valence-electron chi connectivity index (χ3n) is 2.93. The van der Waals surface area contributed by atoms with E-state index in [0.29, 0.717) is 7.54 Å². The van der Waals surface area contributed by atoms with Crippen LogP contribution in [0, 0.1) is 10.5 Å². The second kappa shape index (κ2) is 6.21. The molecular formula is C14H12INO5S. The molecule has 1 heterocycles. The highest BCUT2D eigenvalue weighted by Gasteiger charge is 2.30. The van der Waals surface area contributed by atoms with Crippen molar-refractivity contribution in [3.63, 3.8) is 0 Å². The molecular weight excluding hydrogens is 421 g/mol. The van der Waals surface area contributed by atoms with E-state index in [0.717, 1.165) is 12.7 Å². The Morgan fingerprint density at radius 2 is 1.77 bits per heavy atom. The number of benzene rings is 1. The molecule has 0 aliphatic rings. The van der Waals surface area contributed by atoms with E-state index < -0.39 is 21.1 Å². The van der Waals surface area contributed by atoms with E-state index in [2.05, 4.69) is 4.74 Å². The lowest BCUT2D eigenvalue weighted by Crippen LogP contribution is -2.25. The summed E-state index contributed by atoms with van der Waals surface area (Å²) in [4.78, 5) is 24.0. The van der Waals surface area contributed by atoms with Gasteiger partial charge in [0.2, 0.25) is 0 Å². The summed E-state index contributed by atoms with van der Waals surface area (Å²) in [6.45, 7) is 1.83. The van der Waals surface area contributed by atoms with Gasteiger partial charge in [-0.05, 0) is 47.7 Å². The zero-order valence-corrected chi connectivity index (χ0v) is 14.7. The summed E-state index contributed by atoms with van der Waals surface area (Å²) >= 11 is 1.85. The Kier molecular flexibility index (Phi) is 4.71. The van der Waals surface area contributed by atoms with Crippen molar-refractivity contribution in [2.24, 2.45) is 0 Å². The maximum Gasteiger partial charge on any atom is 0.355 e. The lowest BCUT2D eigenvalue weighted by molar-refractivity contribution is 0.0593. The lowest BCUT2D eigenvalue weighted by atomic mass is 10.2. The molecule has 6 nitrogen and oxygen atoms in total. The molecule has 0 radical (unpaired) electrons. The minimum absolute atomic E-state index is 0.0325. The second-order valence-corrected chi connectivity index (χ2v) is 7.45. The van der Waals surface area contributed by atoms with Crippen LogP contribution in [0.15, 0.2) is 36.5 Å². The van der Waals surface area contributed by atoms with E-state index in [1.54, 1.807) is 12.1 Å². The SMILES string of the molecule is COC(=O)c1cc(I)cn1S(=O)(=O)C(=O)c1ccc(C)cc1. The van der Waals surface area contributed by atoms with Crippen molar-refractivity contribution >= 4 is 43.7 Å². The molecule has 1 aromatic carbocycles. The van der Waals surface area contributed by atoms with Gasteiger partial charge in [0.15, 0.2) is 0 Å². The van der Waals surface area contributed by atoms with E-state index in [-0.39, 0.29) is 11.3 Å². The Hall–Kier alpha value is -1.68. The molecule has 0 saturated heterocycles. The largest absolute Gasteiger partial charge is 0.464 e. The first-order valence-electron chi connectivity index (χ1n) is 6.10. The number of methoxy groups -OCH3 is 1. The number of nitrogens with zero attached hydrogens (tertiary/aromatic N) is 1. The fourth-order valence-electron chi connectivity index (χ4n) is 1.79. The number of aryl methyl sites for hydroxylation is 1. The summed E-state index contributed by atoms with van der Waals surface area (Å²) in [5.74, 6) is -0.830. The molecule has 2 aromatic rings. The number of halogens is 1. The molecule has 0 N–H and O–H groups in total. The number of rotatable bonds is 3. The van der Waals surface area contributed by atoms with Crippen molar-refractivity contribution < 1.29 is 22.7 Å². The average Bonchev–Trinajstić information content (AvgIpc) is 2.89. The molecule has 22 heavy (non-hydrogen) atoms. The van der Waals surface area contributed by atoms with Gasteiger partial charge >= 0.3 is 16.0 Å². The quantitative estimate of drug-likeness (QED) is 0.548. The number of aromatic nitrogens is 1. The average molecular weight is 433 g/mol. The molecule has 2 rings (SSSR count). The van der Waals surface area contributed by atoms with E-state index in [1.165, 1.54) is 24.4 Å². The molecule has 8 heteroatoms. The van der Waals surface area contributed by atoms with Gasteiger partial charge in [0.1, 0.15) is 5.69 Å². The third-order valence-corrected chi connectivity index (χ3v) is 5.04. The van der Waals surface area contributed by atoms with Crippen LogP contribution < -0.4 is 0 Å². The molecule has 0 saturated carbocycles.